The van der Waals surface area contributed by atoms with Gasteiger partial charge in [0.05, 0.1) is 11.6 Å². The van der Waals surface area contributed by atoms with Crippen LogP contribution in [0.25, 0.3) is 0 Å². The van der Waals surface area contributed by atoms with Gasteiger partial charge in [-0.3, -0.25) is 4.79 Å². The minimum atomic E-state index is -0.324. The van der Waals surface area contributed by atoms with Gasteiger partial charge in [-0.2, -0.15) is 0 Å². The van der Waals surface area contributed by atoms with E-state index in [0.29, 0.717) is 0 Å². The molecule has 1 amide bonds. The third-order valence-electron chi connectivity index (χ3n) is 3.89. The maximum atomic E-state index is 12.6. The van der Waals surface area contributed by atoms with Crippen LogP contribution in [-0.4, -0.2) is 18.0 Å². The zero-order valence-corrected chi connectivity index (χ0v) is 12.9. The van der Waals surface area contributed by atoms with Crippen LogP contribution in [0.15, 0.2) is 12.1 Å². The molecule has 2 atom stereocenters. The van der Waals surface area contributed by atoms with Crippen LogP contribution >= 0.6 is 11.3 Å². The average Bonchev–Trinajstić information content (AvgIpc) is 2.99. The molecule has 1 aromatic heterocycles. The zero-order valence-electron chi connectivity index (χ0n) is 12.1. The molecule has 0 bridgehead atoms. The maximum Gasteiger partial charge on any atom is 0.240 e. The predicted octanol–water partition coefficient (Wildman–Crippen LogP) is 3.16. The van der Waals surface area contributed by atoms with E-state index in [9.17, 15) is 4.79 Å². The summed E-state index contributed by atoms with van der Waals surface area (Å²) < 4.78 is 0. The molecule has 2 N–H and O–H groups in total. The predicted molar refractivity (Wildman–Crippen MR) is 80.5 cm³/mol. The Morgan fingerprint density at radius 2 is 2.37 bits per heavy atom. The van der Waals surface area contributed by atoms with Gasteiger partial charge in [-0.05, 0) is 51.8 Å². The van der Waals surface area contributed by atoms with E-state index in [4.69, 9.17) is 0 Å². The Morgan fingerprint density at radius 1 is 1.58 bits per heavy atom. The van der Waals surface area contributed by atoms with Gasteiger partial charge in [-0.1, -0.05) is 13.3 Å². The van der Waals surface area contributed by atoms with Crippen molar-refractivity contribution in [2.45, 2.75) is 58.0 Å². The van der Waals surface area contributed by atoms with Gasteiger partial charge in [0, 0.05) is 9.75 Å². The highest BCUT2D eigenvalue weighted by Gasteiger charge is 2.40. The van der Waals surface area contributed by atoms with Crippen LogP contribution in [0.1, 0.15) is 55.3 Å². The Kier molecular flexibility index (Phi) is 4.63. The second kappa shape index (κ2) is 6.06. The van der Waals surface area contributed by atoms with Crippen LogP contribution in [0, 0.1) is 6.92 Å². The summed E-state index contributed by atoms with van der Waals surface area (Å²) in [6.07, 6.45) is 4.02. The number of rotatable bonds is 5. The van der Waals surface area contributed by atoms with Crippen LogP contribution in [0.2, 0.25) is 0 Å². The summed E-state index contributed by atoms with van der Waals surface area (Å²) >= 11 is 1.76. The van der Waals surface area contributed by atoms with Crippen molar-refractivity contribution in [2.24, 2.45) is 0 Å². The first-order valence-corrected chi connectivity index (χ1v) is 8.01. The van der Waals surface area contributed by atoms with Gasteiger partial charge < -0.3 is 10.6 Å². The highest BCUT2D eigenvalue weighted by Crippen LogP contribution is 2.27. The molecule has 106 valence electrons. The van der Waals surface area contributed by atoms with E-state index in [1.165, 1.54) is 9.75 Å². The summed E-state index contributed by atoms with van der Waals surface area (Å²) in [6.45, 7) is 7.26. The van der Waals surface area contributed by atoms with Gasteiger partial charge in [0.1, 0.15) is 0 Å². The van der Waals surface area contributed by atoms with Crippen molar-refractivity contribution >= 4 is 17.2 Å². The van der Waals surface area contributed by atoms with Gasteiger partial charge in [-0.25, -0.2) is 0 Å². The summed E-state index contributed by atoms with van der Waals surface area (Å²) in [4.78, 5) is 15.1. The maximum absolute atomic E-state index is 12.6. The average molecular weight is 280 g/mol. The largest absolute Gasteiger partial charge is 0.347 e. The van der Waals surface area contributed by atoms with Crippen molar-refractivity contribution in [2.75, 3.05) is 6.54 Å². The van der Waals surface area contributed by atoms with Crippen molar-refractivity contribution in [3.8, 4) is 0 Å². The van der Waals surface area contributed by atoms with Crippen molar-refractivity contribution in [1.82, 2.24) is 10.6 Å². The number of hydrogen-bond acceptors (Lipinski definition) is 3. The van der Waals surface area contributed by atoms with Crippen molar-refractivity contribution in [3.05, 3.63) is 21.9 Å². The van der Waals surface area contributed by atoms with E-state index < -0.39 is 0 Å². The van der Waals surface area contributed by atoms with Crippen LogP contribution < -0.4 is 10.6 Å². The minimum Gasteiger partial charge on any atom is -0.347 e. The SMILES string of the molecule is CCCC1(C(=O)NC(C)c2ccc(C)s2)CCCN1. The van der Waals surface area contributed by atoms with Crippen molar-refractivity contribution < 1.29 is 4.79 Å². The van der Waals surface area contributed by atoms with Crippen LogP contribution in [-0.2, 0) is 4.79 Å². The molecule has 4 heteroatoms. The zero-order chi connectivity index (χ0) is 13.9. The molecule has 0 aliphatic carbocycles. The molecule has 1 aliphatic rings. The Hall–Kier alpha value is -0.870. The van der Waals surface area contributed by atoms with Gasteiger partial charge in [0.2, 0.25) is 5.91 Å². The van der Waals surface area contributed by atoms with E-state index in [2.05, 4.69) is 43.5 Å². The summed E-state index contributed by atoms with van der Waals surface area (Å²) in [7, 11) is 0. The fraction of sp³-hybridized carbons (Fsp3) is 0.667. The highest BCUT2D eigenvalue weighted by molar-refractivity contribution is 7.12. The molecule has 1 fully saturated rings. The van der Waals surface area contributed by atoms with Crippen LogP contribution in [0.5, 0.6) is 0 Å². The van der Waals surface area contributed by atoms with E-state index in [1.54, 1.807) is 11.3 Å². The van der Waals surface area contributed by atoms with E-state index >= 15 is 0 Å². The van der Waals surface area contributed by atoms with Gasteiger partial charge >= 0.3 is 0 Å². The molecule has 1 aromatic rings. The third kappa shape index (κ3) is 3.18. The molecular formula is C15H24N2OS. The van der Waals surface area contributed by atoms with Crippen LogP contribution in [0.3, 0.4) is 0 Å². The Morgan fingerprint density at radius 3 is 2.89 bits per heavy atom. The third-order valence-corrected chi connectivity index (χ3v) is 5.07. The topological polar surface area (TPSA) is 41.1 Å². The molecule has 1 aliphatic heterocycles. The standard InChI is InChI=1S/C15H24N2OS/c1-4-8-15(9-5-10-16-15)14(18)17-12(3)13-7-6-11(2)19-13/h6-7,12,16H,4-5,8-10H2,1-3H3,(H,17,18). The Balaban J connectivity index is 2.03. The number of amides is 1. The number of carbonyl (C=O) groups excluding carboxylic acids is 1. The first-order valence-electron chi connectivity index (χ1n) is 7.20. The fourth-order valence-corrected chi connectivity index (χ4v) is 3.73. The number of nitrogens with one attached hydrogen (secondary N) is 2. The molecule has 19 heavy (non-hydrogen) atoms. The minimum absolute atomic E-state index is 0.0994. The summed E-state index contributed by atoms with van der Waals surface area (Å²) in [5.74, 6) is 0.172. The molecule has 2 heterocycles. The molecular weight excluding hydrogens is 256 g/mol. The number of hydrogen-bond donors (Lipinski definition) is 2. The van der Waals surface area contributed by atoms with Gasteiger partial charge in [0.15, 0.2) is 0 Å². The lowest BCUT2D eigenvalue weighted by atomic mass is 9.90. The van der Waals surface area contributed by atoms with E-state index in [1.807, 2.05) is 0 Å². The number of aryl methyl sites for hydroxylation is 1. The fourth-order valence-electron chi connectivity index (χ4n) is 2.85. The molecule has 0 radical (unpaired) electrons. The summed E-state index contributed by atoms with van der Waals surface area (Å²) in [5.41, 5.74) is -0.324. The monoisotopic (exact) mass is 280 g/mol. The van der Waals surface area contributed by atoms with E-state index in [0.717, 1.165) is 32.2 Å². The van der Waals surface area contributed by atoms with Crippen LogP contribution in [0.4, 0.5) is 0 Å². The second-order valence-corrected chi connectivity index (χ2v) is 6.83. The molecule has 1 saturated heterocycles. The molecule has 0 spiro atoms. The summed E-state index contributed by atoms with van der Waals surface area (Å²) in [5, 5.41) is 6.61. The summed E-state index contributed by atoms with van der Waals surface area (Å²) in [6, 6.07) is 4.32. The van der Waals surface area contributed by atoms with Gasteiger partial charge in [0.25, 0.3) is 0 Å². The molecule has 0 saturated carbocycles. The second-order valence-electron chi connectivity index (χ2n) is 5.51. The molecule has 2 rings (SSSR count). The first kappa shape index (κ1) is 14.5. The quantitative estimate of drug-likeness (QED) is 0.870. The molecule has 0 aromatic carbocycles. The highest BCUT2D eigenvalue weighted by atomic mass is 32.1. The number of thiophene rings is 1. The van der Waals surface area contributed by atoms with Gasteiger partial charge in [-0.15, -0.1) is 11.3 Å². The van der Waals surface area contributed by atoms with Crippen molar-refractivity contribution in [1.29, 1.82) is 0 Å². The first-order chi connectivity index (χ1) is 9.07. The smallest absolute Gasteiger partial charge is 0.240 e. The van der Waals surface area contributed by atoms with E-state index in [-0.39, 0.29) is 17.5 Å². The Bertz CT molecular complexity index is 435. The molecule has 3 nitrogen and oxygen atoms in total. The molecule has 2 unspecified atom stereocenters. The lowest BCUT2D eigenvalue weighted by Gasteiger charge is -2.29. The normalized spacial score (nSPS) is 24.4. The lowest BCUT2D eigenvalue weighted by molar-refractivity contribution is -0.128. The van der Waals surface area contributed by atoms with Crippen molar-refractivity contribution in [3.63, 3.8) is 0 Å². The lowest BCUT2D eigenvalue weighted by Crippen LogP contribution is -2.53. The Labute approximate surface area is 119 Å². The number of carbonyl (C=O) groups is 1.